The number of fused-ring (bicyclic) bond motifs is 1. The number of anilines is 2. The fourth-order valence-corrected chi connectivity index (χ4v) is 2.76. The highest BCUT2D eigenvalue weighted by atomic mass is 16.7. The van der Waals surface area contributed by atoms with Crippen molar-refractivity contribution in [1.29, 1.82) is 0 Å². The lowest BCUT2D eigenvalue weighted by atomic mass is 10.0. The van der Waals surface area contributed by atoms with Gasteiger partial charge in [0.1, 0.15) is 5.75 Å². The maximum Gasteiger partial charge on any atom is 0.265 e. The van der Waals surface area contributed by atoms with E-state index in [0.29, 0.717) is 28.8 Å². The smallest absolute Gasteiger partial charge is 0.265 e. The van der Waals surface area contributed by atoms with Gasteiger partial charge in [-0.3, -0.25) is 4.79 Å². The van der Waals surface area contributed by atoms with E-state index in [1.54, 1.807) is 19.1 Å². The van der Waals surface area contributed by atoms with Gasteiger partial charge in [0.05, 0.1) is 11.4 Å². The number of hydrogen-bond donors (Lipinski definition) is 2. The van der Waals surface area contributed by atoms with Crippen LogP contribution < -0.4 is 25.3 Å². The number of ether oxygens (including phenoxy) is 3. The zero-order valence-corrected chi connectivity index (χ0v) is 15.5. The van der Waals surface area contributed by atoms with Crippen LogP contribution >= 0.6 is 0 Å². The van der Waals surface area contributed by atoms with Crippen molar-refractivity contribution in [2.75, 3.05) is 17.8 Å². The number of nitrogen functional groups attached to an aromatic ring is 1. The number of aryl methyl sites for hydroxylation is 1. The van der Waals surface area contributed by atoms with Crippen molar-refractivity contribution < 1.29 is 19.0 Å². The highest BCUT2D eigenvalue weighted by molar-refractivity contribution is 5.97. The Labute approximate surface area is 153 Å². The molecule has 1 heterocycles. The summed E-state index contributed by atoms with van der Waals surface area (Å²) in [6.45, 7) is 8.04. The van der Waals surface area contributed by atoms with Gasteiger partial charge in [-0.15, -0.1) is 0 Å². The molecule has 6 nitrogen and oxygen atoms in total. The third kappa shape index (κ3) is 3.69. The predicted octanol–water partition coefficient (Wildman–Crippen LogP) is 3.84. The van der Waals surface area contributed by atoms with Gasteiger partial charge in [-0.25, -0.2) is 0 Å². The first-order chi connectivity index (χ1) is 12.3. The first kappa shape index (κ1) is 17.9. The van der Waals surface area contributed by atoms with Gasteiger partial charge in [0, 0.05) is 12.1 Å². The first-order valence-corrected chi connectivity index (χ1v) is 8.62. The Kier molecular flexibility index (Phi) is 4.93. The van der Waals surface area contributed by atoms with Gasteiger partial charge in [0.25, 0.3) is 5.91 Å². The lowest BCUT2D eigenvalue weighted by molar-refractivity contribution is -0.122. The van der Waals surface area contributed by atoms with Crippen LogP contribution in [-0.2, 0) is 4.79 Å². The highest BCUT2D eigenvalue weighted by Crippen LogP contribution is 2.38. The van der Waals surface area contributed by atoms with E-state index < -0.39 is 6.10 Å². The van der Waals surface area contributed by atoms with Crippen molar-refractivity contribution in [3.63, 3.8) is 0 Å². The molecule has 3 N–H and O–H groups in total. The largest absolute Gasteiger partial charge is 0.481 e. The highest BCUT2D eigenvalue weighted by Gasteiger charge is 2.21. The van der Waals surface area contributed by atoms with Crippen LogP contribution in [0.2, 0.25) is 0 Å². The van der Waals surface area contributed by atoms with Crippen molar-refractivity contribution >= 4 is 17.3 Å². The number of hydrogen-bond acceptors (Lipinski definition) is 5. The van der Waals surface area contributed by atoms with Crippen LogP contribution in [-0.4, -0.2) is 18.8 Å². The van der Waals surface area contributed by atoms with Gasteiger partial charge in [0.15, 0.2) is 17.6 Å². The zero-order valence-electron chi connectivity index (χ0n) is 15.5. The summed E-state index contributed by atoms with van der Waals surface area (Å²) in [6, 6.07) is 9.33. The third-order valence-electron chi connectivity index (χ3n) is 4.27. The van der Waals surface area contributed by atoms with Crippen molar-refractivity contribution in [3.8, 4) is 17.2 Å². The zero-order chi connectivity index (χ0) is 18.8. The van der Waals surface area contributed by atoms with Crippen LogP contribution in [0.15, 0.2) is 30.3 Å². The summed E-state index contributed by atoms with van der Waals surface area (Å²) in [4.78, 5) is 12.6. The standard InChI is InChI=1S/C20H24N2O4/c1-11(2)14-6-5-12(3)7-17(14)26-13(4)20(23)22-16-9-19-18(8-15(16)21)24-10-25-19/h5-9,11,13H,10,21H2,1-4H3,(H,22,23). The van der Waals surface area contributed by atoms with Crippen LogP contribution in [0.5, 0.6) is 17.2 Å². The Morgan fingerprint density at radius 3 is 2.54 bits per heavy atom. The van der Waals surface area contributed by atoms with Crippen molar-refractivity contribution in [2.45, 2.75) is 39.7 Å². The van der Waals surface area contributed by atoms with Gasteiger partial charge >= 0.3 is 0 Å². The maximum atomic E-state index is 12.6. The number of rotatable bonds is 5. The van der Waals surface area contributed by atoms with Gasteiger partial charge in [-0.1, -0.05) is 26.0 Å². The average Bonchev–Trinajstić information content (AvgIpc) is 3.01. The Balaban J connectivity index is 1.74. The van der Waals surface area contributed by atoms with Crippen LogP contribution in [0.1, 0.15) is 37.8 Å². The summed E-state index contributed by atoms with van der Waals surface area (Å²) in [6.07, 6.45) is -0.681. The number of carbonyl (C=O) groups is 1. The van der Waals surface area contributed by atoms with E-state index in [4.69, 9.17) is 19.9 Å². The Morgan fingerprint density at radius 2 is 1.85 bits per heavy atom. The molecule has 6 heteroatoms. The quantitative estimate of drug-likeness (QED) is 0.796. The molecule has 1 atom stereocenters. The molecule has 0 fully saturated rings. The molecule has 0 spiro atoms. The monoisotopic (exact) mass is 356 g/mol. The molecule has 0 aromatic heterocycles. The Morgan fingerprint density at radius 1 is 1.15 bits per heavy atom. The van der Waals surface area contributed by atoms with E-state index in [9.17, 15) is 4.79 Å². The summed E-state index contributed by atoms with van der Waals surface area (Å²) in [5.74, 6) is 1.87. The van der Waals surface area contributed by atoms with Gasteiger partial charge < -0.3 is 25.3 Å². The van der Waals surface area contributed by atoms with Crippen LogP contribution in [0.4, 0.5) is 11.4 Å². The fraction of sp³-hybridized carbons (Fsp3) is 0.350. The first-order valence-electron chi connectivity index (χ1n) is 8.62. The molecule has 0 radical (unpaired) electrons. The summed E-state index contributed by atoms with van der Waals surface area (Å²) < 4.78 is 16.5. The minimum Gasteiger partial charge on any atom is -0.481 e. The molecule has 26 heavy (non-hydrogen) atoms. The normalized spacial score (nSPS) is 13.6. The minimum atomic E-state index is -0.681. The van der Waals surface area contributed by atoms with E-state index in [1.807, 2.05) is 25.1 Å². The van der Waals surface area contributed by atoms with Crippen molar-refractivity contribution in [3.05, 3.63) is 41.5 Å². The predicted molar refractivity (Wildman–Crippen MR) is 101 cm³/mol. The second-order valence-electron chi connectivity index (χ2n) is 6.74. The van der Waals surface area contributed by atoms with E-state index in [0.717, 1.165) is 16.9 Å². The summed E-state index contributed by atoms with van der Waals surface area (Å²) in [7, 11) is 0. The van der Waals surface area contributed by atoms with Crippen molar-refractivity contribution in [1.82, 2.24) is 0 Å². The minimum absolute atomic E-state index is 0.150. The molecule has 0 aliphatic carbocycles. The van der Waals surface area contributed by atoms with E-state index in [-0.39, 0.29) is 12.7 Å². The lowest BCUT2D eigenvalue weighted by Crippen LogP contribution is -2.30. The molecular formula is C20H24N2O4. The second kappa shape index (κ2) is 7.15. The molecule has 1 unspecified atom stereocenters. The Bertz CT molecular complexity index is 833. The molecule has 0 bridgehead atoms. The molecule has 138 valence electrons. The number of benzene rings is 2. The third-order valence-corrected chi connectivity index (χ3v) is 4.27. The number of carbonyl (C=O) groups excluding carboxylic acids is 1. The second-order valence-corrected chi connectivity index (χ2v) is 6.74. The van der Waals surface area contributed by atoms with Crippen molar-refractivity contribution in [2.24, 2.45) is 0 Å². The summed E-state index contributed by atoms with van der Waals surface area (Å²) in [5, 5.41) is 2.80. The fourth-order valence-electron chi connectivity index (χ4n) is 2.76. The van der Waals surface area contributed by atoms with E-state index in [1.165, 1.54) is 0 Å². The van der Waals surface area contributed by atoms with E-state index >= 15 is 0 Å². The van der Waals surface area contributed by atoms with Gasteiger partial charge in [-0.05, 0) is 37.0 Å². The SMILES string of the molecule is Cc1ccc(C(C)C)c(OC(C)C(=O)Nc2cc3c(cc2N)OCO3)c1. The van der Waals surface area contributed by atoms with Gasteiger partial charge in [0.2, 0.25) is 6.79 Å². The van der Waals surface area contributed by atoms with Gasteiger partial charge in [-0.2, -0.15) is 0 Å². The molecule has 3 rings (SSSR count). The maximum absolute atomic E-state index is 12.6. The number of nitrogens with one attached hydrogen (secondary N) is 1. The average molecular weight is 356 g/mol. The topological polar surface area (TPSA) is 82.8 Å². The molecule has 1 aliphatic rings. The summed E-state index contributed by atoms with van der Waals surface area (Å²) >= 11 is 0. The summed E-state index contributed by atoms with van der Waals surface area (Å²) in [5.41, 5.74) is 9.02. The number of nitrogens with two attached hydrogens (primary N) is 1. The molecule has 1 amide bonds. The number of amides is 1. The van der Waals surface area contributed by atoms with E-state index in [2.05, 4.69) is 19.2 Å². The molecular weight excluding hydrogens is 332 g/mol. The van der Waals surface area contributed by atoms with Crippen LogP contribution in [0.25, 0.3) is 0 Å². The van der Waals surface area contributed by atoms with Crippen LogP contribution in [0.3, 0.4) is 0 Å². The molecule has 2 aromatic rings. The molecule has 0 saturated carbocycles. The van der Waals surface area contributed by atoms with Crippen LogP contribution in [0, 0.1) is 6.92 Å². The Hall–Kier alpha value is -2.89. The lowest BCUT2D eigenvalue weighted by Gasteiger charge is -2.20. The molecule has 0 saturated heterocycles. The molecule has 1 aliphatic heterocycles. The molecule has 2 aromatic carbocycles.